The molecule has 2 heterocycles. The molecule has 4 aromatic rings. The number of nitrogens with zero attached hydrogens (tertiary/aromatic N) is 2. The maximum atomic E-state index is 13.0. The monoisotopic (exact) mass is 480 g/mol. The van der Waals surface area contributed by atoms with Gasteiger partial charge in [0.1, 0.15) is 5.82 Å². The number of carbonyl (C=O) groups excluding carboxylic acids is 3. The Bertz CT molecular complexity index is 1520. The number of imide groups is 1. The molecule has 2 N–H and O–H groups in total. The Morgan fingerprint density at radius 2 is 1.64 bits per heavy atom. The summed E-state index contributed by atoms with van der Waals surface area (Å²) in [7, 11) is 0. The lowest BCUT2D eigenvalue weighted by Gasteiger charge is -2.27. The molecule has 0 spiro atoms. The number of hydrogen-bond donors (Lipinski definition) is 2. The highest BCUT2D eigenvalue weighted by Crippen LogP contribution is 2.30. The number of anilines is 1. The van der Waals surface area contributed by atoms with Crippen LogP contribution in [-0.2, 0) is 11.2 Å². The number of nitrogens with one attached hydrogen (secondary N) is 2. The van der Waals surface area contributed by atoms with Gasteiger partial charge in [-0.1, -0.05) is 43.3 Å². The molecule has 0 fully saturated rings. The van der Waals surface area contributed by atoms with Gasteiger partial charge in [0.2, 0.25) is 5.91 Å². The van der Waals surface area contributed by atoms with Gasteiger partial charge >= 0.3 is 0 Å². The van der Waals surface area contributed by atoms with Crippen LogP contribution in [0.2, 0.25) is 0 Å². The molecule has 0 bridgehead atoms. The second kappa shape index (κ2) is 9.58. The highest BCUT2D eigenvalue weighted by molar-refractivity contribution is 6.25. The van der Waals surface area contributed by atoms with Crippen LogP contribution in [0.5, 0.6) is 0 Å². The first kappa shape index (κ1) is 23.2. The molecule has 3 amide bonds. The van der Waals surface area contributed by atoms with E-state index in [9.17, 15) is 19.2 Å². The highest BCUT2D eigenvalue weighted by Gasteiger charge is 2.32. The van der Waals surface area contributed by atoms with Crippen molar-refractivity contribution >= 4 is 34.2 Å². The van der Waals surface area contributed by atoms with Crippen LogP contribution in [-0.4, -0.2) is 39.1 Å². The summed E-state index contributed by atoms with van der Waals surface area (Å²) in [6.07, 6.45) is 1.10. The van der Waals surface area contributed by atoms with Crippen molar-refractivity contribution in [1.82, 2.24) is 14.9 Å². The van der Waals surface area contributed by atoms with Gasteiger partial charge < -0.3 is 10.3 Å². The lowest BCUT2D eigenvalue weighted by Crippen LogP contribution is -2.41. The second-order valence-electron chi connectivity index (χ2n) is 8.64. The van der Waals surface area contributed by atoms with E-state index in [4.69, 9.17) is 0 Å². The summed E-state index contributed by atoms with van der Waals surface area (Å²) in [5.41, 5.74) is 2.70. The summed E-state index contributed by atoms with van der Waals surface area (Å²) in [4.78, 5) is 58.9. The number of H-pyrrole nitrogens is 1. The predicted molar refractivity (Wildman–Crippen MR) is 137 cm³/mol. The van der Waals surface area contributed by atoms with Crippen molar-refractivity contribution in [2.24, 2.45) is 0 Å². The van der Waals surface area contributed by atoms with E-state index in [-0.39, 0.29) is 36.2 Å². The van der Waals surface area contributed by atoms with Crippen LogP contribution in [0.4, 0.5) is 5.69 Å². The van der Waals surface area contributed by atoms with E-state index in [0.29, 0.717) is 52.1 Å². The molecule has 1 aliphatic rings. The molecule has 8 heteroatoms. The fraction of sp³-hybridized carbons (Fsp3) is 0.179. The van der Waals surface area contributed by atoms with Crippen molar-refractivity contribution in [3.05, 3.63) is 93.9 Å². The molecule has 0 atom stereocenters. The van der Waals surface area contributed by atoms with E-state index < -0.39 is 0 Å². The van der Waals surface area contributed by atoms with Crippen LogP contribution >= 0.6 is 0 Å². The van der Waals surface area contributed by atoms with Crippen molar-refractivity contribution in [1.29, 1.82) is 0 Å². The third kappa shape index (κ3) is 4.40. The Morgan fingerprint density at radius 3 is 2.33 bits per heavy atom. The van der Waals surface area contributed by atoms with Crippen molar-refractivity contribution in [3.63, 3.8) is 0 Å². The number of rotatable bonds is 7. The van der Waals surface area contributed by atoms with E-state index in [1.807, 2.05) is 19.1 Å². The molecule has 0 saturated heterocycles. The maximum Gasteiger partial charge on any atom is 0.261 e. The summed E-state index contributed by atoms with van der Waals surface area (Å²) in [5, 5.41) is 4.38. The predicted octanol–water partition coefficient (Wildman–Crippen LogP) is 4.17. The first-order valence-corrected chi connectivity index (χ1v) is 11.8. The minimum Gasteiger partial charge on any atom is -0.326 e. The minimum atomic E-state index is -0.340. The summed E-state index contributed by atoms with van der Waals surface area (Å²) >= 11 is 0. The zero-order chi connectivity index (χ0) is 25.2. The molecule has 8 nitrogen and oxygen atoms in total. The zero-order valence-corrected chi connectivity index (χ0v) is 19.7. The topological polar surface area (TPSA) is 112 Å². The molecular formula is C28H24N4O4. The number of aryl methyl sites for hydroxylation is 1. The van der Waals surface area contributed by atoms with Crippen LogP contribution in [0.3, 0.4) is 0 Å². The fourth-order valence-electron chi connectivity index (χ4n) is 4.47. The van der Waals surface area contributed by atoms with E-state index in [2.05, 4.69) is 15.3 Å². The minimum absolute atomic E-state index is 0.132. The molecule has 1 aliphatic heterocycles. The Labute approximate surface area is 207 Å². The Kier molecular flexibility index (Phi) is 6.16. The Balaban J connectivity index is 1.24. The summed E-state index contributed by atoms with van der Waals surface area (Å²) in [6, 6.07) is 19.4. The summed E-state index contributed by atoms with van der Waals surface area (Å²) in [5.74, 6) is -0.482. The van der Waals surface area contributed by atoms with Gasteiger partial charge in [-0.25, -0.2) is 4.98 Å². The van der Waals surface area contributed by atoms with Gasteiger partial charge in [-0.3, -0.25) is 24.1 Å². The normalized spacial score (nSPS) is 12.8. The van der Waals surface area contributed by atoms with Gasteiger partial charge in [-0.15, -0.1) is 0 Å². The van der Waals surface area contributed by atoms with Crippen molar-refractivity contribution in [3.8, 4) is 11.4 Å². The molecule has 1 aromatic heterocycles. The quantitative estimate of drug-likeness (QED) is 0.386. The van der Waals surface area contributed by atoms with Gasteiger partial charge in [0, 0.05) is 52.5 Å². The van der Waals surface area contributed by atoms with Gasteiger partial charge in [0.25, 0.3) is 17.4 Å². The van der Waals surface area contributed by atoms with Crippen LogP contribution in [0.1, 0.15) is 46.2 Å². The summed E-state index contributed by atoms with van der Waals surface area (Å²) < 4.78 is 0. The number of benzene rings is 3. The zero-order valence-electron chi connectivity index (χ0n) is 19.7. The number of carbonyl (C=O) groups is 3. The third-order valence-corrected chi connectivity index (χ3v) is 6.22. The molecule has 180 valence electrons. The Hall–Kier alpha value is -4.59. The van der Waals surface area contributed by atoms with Gasteiger partial charge in [0.15, 0.2) is 0 Å². The van der Waals surface area contributed by atoms with Crippen molar-refractivity contribution < 1.29 is 14.4 Å². The standard InChI is InChI=1S/C28H24N4O4/c1-2-19-16-24(34)31-26(30-19)18-9-3-10-20(15-18)29-23(33)13-6-14-32-27(35)21-11-4-7-17-8-5-12-22(25(17)21)28(32)36/h3-5,7-12,15-16H,2,6,13-14H2,1H3,(H,29,33)(H,30,31,34). The molecule has 0 saturated carbocycles. The van der Waals surface area contributed by atoms with Crippen LogP contribution in [0, 0.1) is 0 Å². The van der Waals surface area contributed by atoms with Gasteiger partial charge in [-0.2, -0.15) is 0 Å². The third-order valence-electron chi connectivity index (χ3n) is 6.22. The first-order valence-electron chi connectivity index (χ1n) is 11.8. The first-order chi connectivity index (χ1) is 17.4. The average molecular weight is 481 g/mol. The molecule has 36 heavy (non-hydrogen) atoms. The second-order valence-corrected chi connectivity index (χ2v) is 8.64. The number of hydrogen-bond acceptors (Lipinski definition) is 5. The van der Waals surface area contributed by atoms with Crippen LogP contribution in [0.25, 0.3) is 22.2 Å². The maximum absolute atomic E-state index is 13.0. The lowest BCUT2D eigenvalue weighted by atomic mass is 9.94. The van der Waals surface area contributed by atoms with Crippen molar-refractivity contribution in [2.75, 3.05) is 11.9 Å². The molecule has 3 aromatic carbocycles. The van der Waals surface area contributed by atoms with Gasteiger partial charge in [0.05, 0.1) is 0 Å². The number of amides is 3. The summed E-state index contributed by atoms with van der Waals surface area (Å²) in [6.45, 7) is 2.07. The smallest absolute Gasteiger partial charge is 0.261 e. The van der Waals surface area contributed by atoms with E-state index in [1.54, 1.807) is 48.5 Å². The SMILES string of the molecule is CCc1cc(=O)[nH]c(-c2cccc(NC(=O)CCCN3C(=O)c4cccc5cccc(c45)C3=O)c2)n1. The number of aromatic nitrogens is 2. The Morgan fingerprint density at radius 1 is 0.944 bits per heavy atom. The molecule has 0 unspecified atom stereocenters. The van der Waals surface area contributed by atoms with E-state index in [1.165, 1.54) is 11.0 Å². The van der Waals surface area contributed by atoms with Crippen LogP contribution in [0.15, 0.2) is 71.5 Å². The molecule has 0 radical (unpaired) electrons. The molecule has 0 aliphatic carbocycles. The number of aromatic amines is 1. The van der Waals surface area contributed by atoms with Crippen molar-refractivity contribution in [2.45, 2.75) is 26.2 Å². The lowest BCUT2D eigenvalue weighted by molar-refractivity contribution is -0.116. The van der Waals surface area contributed by atoms with E-state index >= 15 is 0 Å². The molecule has 5 rings (SSSR count). The van der Waals surface area contributed by atoms with Crippen LogP contribution < -0.4 is 10.9 Å². The van der Waals surface area contributed by atoms with E-state index in [0.717, 1.165) is 5.39 Å². The largest absolute Gasteiger partial charge is 0.326 e. The molecular weight excluding hydrogens is 456 g/mol. The average Bonchev–Trinajstić information content (AvgIpc) is 2.89. The fourth-order valence-corrected chi connectivity index (χ4v) is 4.47. The van der Waals surface area contributed by atoms with Gasteiger partial charge in [-0.05, 0) is 42.5 Å². The highest BCUT2D eigenvalue weighted by atomic mass is 16.2.